The fourth-order valence-electron chi connectivity index (χ4n) is 2.51. The molecule has 8 heteroatoms. The topological polar surface area (TPSA) is 74.7 Å². The Morgan fingerprint density at radius 3 is 2.71 bits per heavy atom. The van der Waals surface area contributed by atoms with Crippen molar-refractivity contribution in [3.8, 4) is 0 Å². The van der Waals surface area contributed by atoms with Crippen LogP contribution in [0.5, 0.6) is 0 Å². The molecule has 1 heterocycles. The van der Waals surface area contributed by atoms with E-state index in [1.807, 2.05) is 0 Å². The Labute approximate surface area is 133 Å². The van der Waals surface area contributed by atoms with E-state index in [0.717, 1.165) is 6.42 Å². The molecule has 1 aliphatic heterocycles. The van der Waals surface area contributed by atoms with Crippen LogP contribution in [0.15, 0.2) is 23.1 Å². The number of benzene rings is 1. The van der Waals surface area contributed by atoms with Crippen molar-refractivity contribution in [1.29, 1.82) is 0 Å². The largest absolute Gasteiger partial charge is 0.481 e. The molecule has 0 saturated carbocycles. The van der Waals surface area contributed by atoms with Crippen LogP contribution in [0.1, 0.15) is 25.7 Å². The Kier molecular flexibility index (Phi) is 5.14. The molecule has 1 aromatic rings. The smallest absolute Gasteiger partial charge is 0.304 e. The van der Waals surface area contributed by atoms with Gasteiger partial charge in [-0.3, -0.25) is 4.79 Å². The van der Waals surface area contributed by atoms with Gasteiger partial charge in [0.2, 0.25) is 10.0 Å². The number of rotatable bonds is 4. The lowest BCUT2D eigenvalue weighted by Crippen LogP contribution is -2.44. The minimum atomic E-state index is -3.86. The molecule has 0 bridgehead atoms. The lowest BCUT2D eigenvalue weighted by Gasteiger charge is -2.34. The van der Waals surface area contributed by atoms with E-state index in [4.69, 9.17) is 28.3 Å². The number of sulfonamides is 1. The Morgan fingerprint density at radius 1 is 1.33 bits per heavy atom. The van der Waals surface area contributed by atoms with Gasteiger partial charge in [-0.1, -0.05) is 35.7 Å². The molecule has 116 valence electrons. The molecule has 1 aliphatic rings. The summed E-state index contributed by atoms with van der Waals surface area (Å²) in [5.74, 6) is -1.01. The minimum absolute atomic E-state index is 0.0289. The molecule has 0 aromatic heterocycles. The molecular weight excluding hydrogens is 337 g/mol. The molecule has 21 heavy (non-hydrogen) atoms. The van der Waals surface area contributed by atoms with Crippen LogP contribution in [0.3, 0.4) is 0 Å². The molecule has 1 N–H and O–H groups in total. The van der Waals surface area contributed by atoms with Crippen molar-refractivity contribution in [3.05, 3.63) is 28.2 Å². The van der Waals surface area contributed by atoms with Crippen molar-refractivity contribution in [3.63, 3.8) is 0 Å². The monoisotopic (exact) mass is 351 g/mol. The van der Waals surface area contributed by atoms with Gasteiger partial charge in [-0.2, -0.15) is 4.31 Å². The molecule has 0 radical (unpaired) electrons. The van der Waals surface area contributed by atoms with Crippen LogP contribution in [0.25, 0.3) is 0 Å². The molecule has 1 atom stereocenters. The Morgan fingerprint density at radius 2 is 2.05 bits per heavy atom. The quantitative estimate of drug-likeness (QED) is 0.904. The van der Waals surface area contributed by atoms with E-state index in [1.54, 1.807) is 0 Å². The number of piperidine rings is 1. The highest BCUT2D eigenvalue weighted by atomic mass is 35.5. The SMILES string of the molecule is O=C(O)CC1CCCCN1S(=O)(=O)c1cccc(Cl)c1Cl. The molecule has 0 aliphatic carbocycles. The second-order valence-electron chi connectivity index (χ2n) is 4.92. The Bertz CT molecular complexity index is 648. The standard InChI is InChI=1S/C13H15Cl2NO4S/c14-10-5-3-6-11(13(10)15)21(19,20)16-7-2-1-4-9(16)8-12(17)18/h3,5-6,9H,1-2,4,7-8H2,(H,17,18). The summed E-state index contributed by atoms with van der Waals surface area (Å²) < 4.78 is 26.7. The molecule has 1 fully saturated rings. The van der Waals surface area contributed by atoms with Crippen LogP contribution in [-0.4, -0.2) is 36.4 Å². The van der Waals surface area contributed by atoms with E-state index in [-0.39, 0.29) is 21.4 Å². The number of nitrogens with zero attached hydrogens (tertiary/aromatic N) is 1. The third-order valence-electron chi connectivity index (χ3n) is 3.49. The van der Waals surface area contributed by atoms with E-state index in [2.05, 4.69) is 0 Å². The molecular formula is C13H15Cl2NO4S. The third kappa shape index (κ3) is 3.51. The fourth-order valence-corrected chi connectivity index (χ4v) is 4.94. The maximum absolute atomic E-state index is 12.7. The van der Waals surface area contributed by atoms with Crippen LogP contribution >= 0.6 is 23.2 Å². The van der Waals surface area contributed by atoms with Crippen LogP contribution in [0.4, 0.5) is 0 Å². The van der Waals surface area contributed by atoms with E-state index in [9.17, 15) is 13.2 Å². The van der Waals surface area contributed by atoms with Gasteiger partial charge in [0, 0.05) is 12.6 Å². The number of aliphatic carboxylic acids is 1. The fraction of sp³-hybridized carbons (Fsp3) is 0.462. The minimum Gasteiger partial charge on any atom is -0.481 e. The number of carbonyl (C=O) groups is 1. The molecule has 1 aromatic carbocycles. The van der Waals surface area contributed by atoms with Gasteiger partial charge in [0.1, 0.15) is 4.90 Å². The molecule has 2 rings (SSSR count). The lowest BCUT2D eigenvalue weighted by molar-refractivity contribution is -0.138. The number of hydrogen-bond acceptors (Lipinski definition) is 3. The summed E-state index contributed by atoms with van der Waals surface area (Å²) in [5.41, 5.74) is 0. The maximum Gasteiger partial charge on any atom is 0.304 e. The van der Waals surface area contributed by atoms with E-state index in [0.29, 0.717) is 19.4 Å². The van der Waals surface area contributed by atoms with Gasteiger partial charge < -0.3 is 5.11 Å². The van der Waals surface area contributed by atoms with Crippen LogP contribution < -0.4 is 0 Å². The summed E-state index contributed by atoms with van der Waals surface area (Å²) >= 11 is 11.9. The maximum atomic E-state index is 12.7. The van der Waals surface area contributed by atoms with Gasteiger partial charge in [-0.05, 0) is 25.0 Å². The molecule has 1 saturated heterocycles. The van der Waals surface area contributed by atoms with Crippen molar-refractivity contribution >= 4 is 39.2 Å². The number of halogens is 2. The summed E-state index contributed by atoms with van der Waals surface area (Å²) in [5, 5.41) is 9.08. The highest BCUT2D eigenvalue weighted by Crippen LogP contribution is 2.34. The average molecular weight is 352 g/mol. The van der Waals surface area contributed by atoms with E-state index < -0.39 is 22.0 Å². The van der Waals surface area contributed by atoms with E-state index in [1.165, 1.54) is 22.5 Å². The van der Waals surface area contributed by atoms with Gasteiger partial charge in [0.25, 0.3) is 0 Å². The average Bonchev–Trinajstić information content (AvgIpc) is 2.41. The van der Waals surface area contributed by atoms with Gasteiger partial charge >= 0.3 is 5.97 Å². The molecule has 1 unspecified atom stereocenters. The number of hydrogen-bond donors (Lipinski definition) is 1. The first kappa shape index (κ1) is 16.5. The molecule has 0 spiro atoms. The van der Waals surface area contributed by atoms with Gasteiger partial charge in [0.15, 0.2) is 0 Å². The van der Waals surface area contributed by atoms with E-state index >= 15 is 0 Å². The highest BCUT2D eigenvalue weighted by Gasteiger charge is 2.35. The Hall–Kier alpha value is -0.820. The van der Waals surface area contributed by atoms with Crippen molar-refractivity contribution in [2.45, 2.75) is 36.6 Å². The first-order valence-electron chi connectivity index (χ1n) is 6.51. The predicted molar refractivity (Wildman–Crippen MR) is 80.2 cm³/mol. The van der Waals surface area contributed by atoms with Gasteiger partial charge in [-0.15, -0.1) is 0 Å². The first-order chi connectivity index (χ1) is 9.84. The first-order valence-corrected chi connectivity index (χ1v) is 8.71. The predicted octanol–water partition coefficient (Wildman–Crippen LogP) is 3.01. The zero-order valence-corrected chi connectivity index (χ0v) is 13.5. The zero-order valence-electron chi connectivity index (χ0n) is 11.1. The second-order valence-corrected chi connectivity index (χ2v) is 7.56. The zero-order chi connectivity index (χ0) is 15.6. The summed E-state index contributed by atoms with van der Waals surface area (Å²) in [6.07, 6.45) is 1.84. The van der Waals surface area contributed by atoms with Crippen molar-refractivity contribution < 1.29 is 18.3 Å². The van der Waals surface area contributed by atoms with Crippen LogP contribution in [0.2, 0.25) is 10.0 Å². The Balaban J connectivity index is 2.40. The molecule has 5 nitrogen and oxygen atoms in total. The number of carboxylic acids is 1. The lowest BCUT2D eigenvalue weighted by atomic mass is 10.0. The molecule has 0 amide bonds. The van der Waals surface area contributed by atoms with Crippen molar-refractivity contribution in [1.82, 2.24) is 4.31 Å². The third-order valence-corrected chi connectivity index (χ3v) is 6.41. The number of carboxylic acid groups (broad SMARTS) is 1. The van der Waals surface area contributed by atoms with Crippen molar-refractivity contribution in [2.75, 3.05) is 6.54 Å². The van der Waals surface area contributed by atoms with Crippen molar-refractivity contribution in [2.24, 2.45) is 0 Å². The summed E-state index contributed by atoms with van der Waals surface area (Å²) in [6.45, 7) is 0.295. The second kappa shape index (κ2) is 6.52. The normalized spacial score (nSPS) is 20.4. The van der Waals surface area contributed by atoms with Crippen LogP contribution in [-0.2, 0) is 14.8 Å². The summed E-state index contributed by atoms with van der Waals surface area (Å²) in [6, 6.07) is 3.86. The summed E-state index contributed by atoms with van der Waals surface area (Å²) in [4.78, 5) is 10.9. The highest BCUT2D eigenvalue weighted by molar-refractivity contribution is 7.89. The van der Waals surface area contributed by atoms with Gasteiger partial charge in [-0.25, -0.2) is 8.42 Å². The van der Waals surface area contributed by atoms with Crippen LogP contribution in [0, 0.1) is 0 Å². The van der Waals surface area contributed by atoms with Gasteiger partial charge in [0.05, 0.1) is 16.5 Å². The summed E-state index contributed by atoms with van der Waals surface area (Å²) in [7, 11) is -3.86.